The van der Waals surface area contributed by atoms with Gasteiger partial charge in [0.15, 0.2) is 0 Å². The molecule has 0 spiro atoms. The maximum Gasteiger partial charge on any atom is 0.0758 e. The number of hydrogen-bond acceptors (Lipinski definition) is 3. The normalized spacial score (nSPS) is 26.6. The van der Waals surface area contributed by atoms with Crippen LogP contribution in [0.3, 0.4) is 0 Å². The van der Waals surface area contributed by atoms with E-state index in [1.54, 1.807) is 0 Å². The first-order chi connectivity index (χ1) is 7.86. The number of ether oxygens (including phenoxy) is 2. The molecule has 94 valence electrons. The topological polar surface area (TPSA) is 30.5 Å². The molecule has 2 rings (SSSR count). The van der Waals surface area contributed by atoms with Crippen LogP contribution in [0.4, 0.5) is 0 Å². The first-order valence-electron chi connectivity index (χ1n) is 6.73. The van der Waals surface area contributed by atoms with Crippen LogP contribution >= 0.6 is 0 Å². The summed E-state index contributed by atoms with van der Waals surface area (Å²) in [5.41, 5.74) is 0. The lowest BCUT2D eigenvalue weighted by Crippen LogP contribution is -2.47. The molecule has 0 amide bonds. The summed E-state index contributed by atoms with van der Waals surface area (Å²) in [4.78, 5) is 0. The van der Waals surface area contributed by atoms with Crippen LogP contribution in [0.25, 0.3) is 0 Å². The van der Waals surface area contributed by atoms with Crippen molar-refractivity contribution in [1.29, 1.82) is 0 Å². The predicted octanol–water partition coefficient (Wildman–Crippen LogP) is 1.82. The Morgan fingerprint density at radius 2 is 1.88 bits per heavy atom. The van der Waals surface area contributed by atoms with E-state index in [0.717, 1.165) is 31.7 Å². The fourth-order valence-electron chi connectivity index (χ4n) is 2.89. The molecule has 2 fully saturated rings. The van der Waals surface area contributed by atoms with Crippen molar-refractivity contribution in [2.75, 3.05) is 26.9 Å². The fourth-order valence-corrected chi connectivity index (χ4v) is 2.89. The van der Waals surface area contributed by atoms with Crippen LogP contribution in [0.1, 0.15) is 32.6 Å². The third kappa shape index (κ3) is 2.96. The van der Waals surface area contributed by atoms with E-state index < -0.39 is 0 Å². The maximum absolute atomic E-state index is 5.97. The van der Waals surface area contributed by atoms with Crippen LogP contribution in [-0.4, -0.2) is 39.0 Å². The molecule has 1 saturated carbocycles. The Hall–Kier alpha value is -0.120. The molecule has 0 aromatic carbocycles. The molecule has 0 aromatic heterocycles. The van der Waals surface area contributed by atoms with Crippen molar-refractivity contribution in [3.63, 3.8) is 0 Å². The lowest BCUT2D eigenvalue weighted by atomic mass is 9.86. The number of rotatable bonds is 6. The van der Waals surface area contributed by atoms with Gasteiger partial charge in [-0.1, -0.05) is 0 Å². The average Bonchev–Trinajstić information content (AvgIpc) is 3.14. The van der Waals surface area contributed by atoms with Gasteiger partial charge in [-0.15, -0.1) is 0 Å². The fraction of sp³-hybridized carbons (Fsp3) is 1.00. The highest BCUT2D eigenvalue weighted by Gasteiger charge is 2.40. The second kappa shape index (κ2) is 5.99. The van der Waals surface area contributed by atoms with Gasteiger partial charge in [-0.25, -0.2) is 0 Å². The van der Waals surface area contributed by atoms with Crippen LogP contribution in [0.5, 0.6) is 0 Å². The summed E-state index contributed by atoms with van der Waals surface area (Å²) in [7, 11) is 2.08. The molecule has 16 heavy (non-hydrogen) atoms. The highest BCUT2D eigenvalue weighted by molar-refractivity contribution is 4.93. The Balaban J connectivity index is 1.94. The average molecular weight is 227 g/mol. The molecular formula is C13H25NO2. The van der Waals surface area contributed by atoms with Gasteiger partial charge in [0.2, 0.25) is 0 Å². The zero-order valence-electron chi connectivity index (χ0n) is 10.6. The van der Waals surface area contributed by atoms with E-state index in [9.17, 15) is 0 Å². The first kappa shape index (κ1) is 12.3. The van der Waals surface area contributed by atoms with Crippen LogP contribution in [0.15, 0.2) is 0 Å². The molecule has 1 N–H and O–H groups in total. The largest absolute Gasteiger partial charge is 0.381 e. The van der Waals surface area contributed by atoms with Crippen molar-refractivity contribution in [3.8, 4) is 0 Å². The van der Waals surface area contributed by atoms with Crippen molar-refractivity contribution in [2.24, 2.45) is 11.8 Å². The lowest BCUT2D eigenvalue weighted by Gasteiger charge is -2.35. The molecule has 2 unspecified atom stereocenters. The van der Waals surface area contributed by atoms with E-state index >= 15 is 0 Å². The van der Waals surface area contributed by atoms with E-state index in [-0.39, 0.29) is 0 Å². The van der Waals surface area contributed by atoms with E-state index in [2.05, 4.69) is 19.3 Å². The van der Waals surface area contributed by atoms with E-state index in [4.69, 9.17) is 9.47 Å². The van der Waals surface area contributed by atoms with Gasteiger partial charge in [0, 0.05) is 25.9 Å². The summed E-state index contributed by atoms with van der Waals surface area (Å²) in [6.45, 7) is 4.79. The van der Waals surface area contributed by atoms with Crippen molar-refractivity contribution >= 4 is 0 Å². The van der Waals surface area contributed by atoms with Gasteiger partial charge in [-0.05, 0) is 51.5 Å². The van der Waals surface area contributed by atoms with Gasteiger partial charge < -0.3 is 14.8 Å². The Morgan fingerprint density at radius 3 is 2.38 bits per heavy atom. The molecule has 1 aliphatic heterocycles. The predicted molar refractivity (Wildman–Crippen MR) is 64.5 cm³/mol. The quantitative estimate of drug-likeness (QED) is 0.751. The SMILES string of the molecule is CCOC(C1CC1)C(NC)C1CCOCC1. The van der Waals surface area contributed by atoms with Gasteiger partial charge in [0.25, 0.3) is 0 Å². The maximum atomic E-state index is 5.97. The molecule has 1 saturated heterocycles. The summed E-state index contributed by atoms with van der Waals surface area (Å²) in [5.74, 6) is 1.54. The molecule has 0 radical (unpaired) electrons. The van der Waals surface area contributed by atoms with E-state index in [1.807, 2.05) is 0 Å². The van der Waals surface area contributed by atoms with Crippen molar-refractivity contribution in [1.82, 2.24) is 5.32 Å². The summed E-state index contributed by atoms with van der Waals surface area (Å²) < 4.78 is 11.4. The van der Waals surface area contributed by atoms with Crippen LogP contribution < -0.4 is 5.32 Å². The molecule has 0 bridgehead atoms. The second-order valence-corrected chi connectivity index (χ2v) is 5.02. The summed E-state index contributed by atoms with van der Waals surface area (Å²) >= 11 is 0. The molecule has 0 aromatic rings. The van der Waals surface area contributed by atoms with Gasteiger partial charge in [-0.3, -0.25) is 0 Å². The van der Waals surface area contributed by atoms with Crippen LogP contribution in [0.2, 0.25) is 0 Å². The summed E-state index contributed by atoms with van der Waals surface area (Å²) in [6.07, 6.45) is 5.50. The Labute approximate surface area is 98.9 Å². The van der Waals surface area contributed by atoms with E-state index in [1.165, 1.54) is 25.7 Å². The minimum atomic E-state index is 0.429. The summed E-state index contributed by atoms with van der Waals surface area (Å²) in [5, 5.41) is 3.50. The third-order valence-electron chi connectivity index (χ3n) is 3.91. The monoisotopic (exact) mass is 227 g/mol. The minimum absolute atomic E-state index is 0.429. The van der Waals surface area contributed by atoms with Gasteiger partial charge in [0.05, 0.1) is 6.10 Å². The highest BCUT2D eigenvalue weighted by atomic mass is 16.5. The lowest BCUT2D eigenvalue weighted by molar-refractivity contribution is -0.0203. The number of likely N-dealkylation sites (N-methyl/N-ethyl adjacent to an activating group) is 1. The standard InChI is InChI=1S/C13H25NO2/c1-3-16-13(11-4-5-11)12(14-2)10-6-8-15-9-7-10/h10-14H,3-9H2,1-2H3. The third-order valence-corrected chi connectivity index (χ3v) is 3.91. The van der Waals surface area contributed by atoms with Crippen molar-refractivity contribution in [2.45, 2.75) is 44.8 Å². The van der Waals surface area contributed by atoms with Crippen LogP contribution in [-0.2, 0) is 9.47 Å². The first-order valence-corrected chi connectivity index (χ1v) is 6.73. The van der Waals surface area contributed by atoms with Crippen molar-refractivity contribution in [3.05, 3.63) is 0 Å². The molecule has 3 nitrogen and oxygen atoms in total. The Morgan fingerprint density at radius 1 is 1.19 bits per heavy atom. The highest BCUT2D eigenvalue weighted by Crippen LogP contribution is 2.38. The molecule has 2 aliphatic rings. The van der Waals surface area contributed by atoms with Crippen LogP contribution in [0, 0.1) is 11.8 Å². The molecular weight excluding hydrogens is 202 g/mol. The number of hydrogen-bond donors (Lipinski definition) is 1. The van der Waals surface area contributed by atoms with Gasteiger partial charge >= 0.3 is 0 Å². The van der Waals surface area contributed by atoms with Gasteiger partial charge in [0.1, 0.15) is 0 Å². The van der Waals surface area contributed by atoms with Gasteiger partial charge in [-0.2, -0.15) is 0 Å². The Kier molecular flexibility index (Phi) is 4.62. The second-order valence-electron chi connectivity index (χ2n) is 5.02. The molecule has 1 heterocycles. The Bertz CT molecular complexity index is 200. The molecule has 2 atom stereocenters. The zero-order valence-corrected chi connectivity index (χ0v) is 10.6. The molecule has 3 heteroatoms. The molecule has 1 aliphatic carbocycles. The van der Waals surface area contributed by atoms with Crippen molar-refractivity contribution < 1.29 is 9.47 Å². The summed E-state index contributed by atoms with van der Waals surface area (Å²) in [6, 6.07) is 0.524. The minimum Gasteiger partial charge on any atom is -0.381 e. The smallest absolute Gasteiger partial charge is 0.0758 e. The van der Waals surface area contributed by atoms with E-state index in [0.29, 0.717) is 12.1 Å². The zero-order chi connectivity index (χ0) is 11.4. The number of nitrogens with one attached hydrogen (secondary N) is 1.